The highest BCUT2D eigenvalue weighted by molar-refractivity contribution is 6.30. The summed E-state index contributed by atoms with van der Waals surface area (Å²) in [6.45, 7) is 0.151. The Morgan fingerprint density at radius 1 is 1.11 bits per heavy atom. The summed E-state index contributed by atoms with van der Waals surface area (Å²) in [5, 5.41) is 5.40. The lowest BCUT2D eigenvalue weighted by atomic mass is 10.2. The van der Waals surface area contributed by atoms with Crippen molar-refractivity contribution in [2.75, 3.05) is 32.6 Å². The van der Waals surface area contributed by atoms with Crippen molar-refractivity contribution in [2.24, 2.45) is 0 Å². The quantitative estimate of drug-likeness (QED) is 0.700. The van der Waals surface area contributed by atoms with Gasteiger partial charge in [-0.15, -0.1) is 0 Å². The number of ether oxygens (including phenoxy) is 1. The van der Waals surface area contributed by atoms with Gasteiger partial charge in [0.15, 0.2) is 11.6 Å². The van der Waals surface area contributed by atoms with Crippen molar-refractivity contribution in [1.82, 2.24) is 10.2 Å². The van der Waals surface area contributed by atoms with E-state index in [1.54, 1.807) is 37.3 Å². The Morgan fingerprint density at radius 2 is 1.86 bits per heavy atom. The number of hydrogen-bond acceptors (Lipinski definition) is 4. The van der Waals surface area contributed by atoms with Gasteiger partial charge in [0.25, 0.3) is 0 Å². The molecule has 0 radical (unpaired) electrons. The molecule has 2 N–H and O–H groups in total. The topological polar surface area (TPSA) is 70.7 Å². The third-order valence-electron chi connectivity index (χ3n) is 3.75. The fourth-order valence-corrected chi connectivity index (χ4v) is 2.67. The molecule has 9 heteroatoms. The molecule has 0 bridgehead atoms. The Kier molecular flexibility index (Phi) is 7.71. The highest BCUT2D eigenvalue weighted by Crippen LogP contribution is 2.23. The van der Waals surface area contributed by atoms with E-state index in [4.69, 9.17) is 16.3 Å². The van der Waals surface area contributed by atoms with Crippen molar-refractivity contribution in [3.05, 3.63) is 58.6 Å². The predicted octanol–water partition coefficient (Wildman–Crippen LogP) is 2.81. The minimum absolute atomic E-state index is 0.0358. The van der Waals surface area contributed by atoms with Gasteiger partial charge >= 0.3 is 0 Å². The van der Waals surface area contributed by atoms with Gasteiger partial charge in [-0.05, 0) is 37.4 Å². The lowest BCUT2D eigenvalue weighted by Gasteiger charge is -2.18. The summed E-state index contributed by atoms with van der Waals surface area (Å²) >= 11 is 5.99. The smallest absolute Gasteiger partial charge is 0.243 e. The third-order valence-corrected chi connectivity index (χ3v) is 3.98. The van der Waals surface area contributed by atoms with E-state index in [1.165, 1.54) is 6.07 Å². The Labute approximate surface area is 166 Å². The highest BCUT2D eigenvalue weighted by atomic mass is 35.5. The second-order valence-corrected chi connectivity index (χ2v) is 6.52. The van der Waals surface area contributed by atoms with Crippen LogP contribution in [0.2, 0.25) is 5.02 Å². The predicted molar refractivity (Wildman–Crippen MR) is 102 cm³/mol. The molecule has 2 aromatic rings. The normalized spacial score (nSPS) is 10.6. The zero-order chi connectivity index (χ0) is 20.7. The number of halogens is 3. The second kappa shape index (κ2) is 10.0. The third kappa shape index (κ3) is 6.47. The van der Waals surface area contributed by atoms with Crippen LogP contribution in [0.5, 0.6) is 5.75 Å². The number of rotatable bonds is 8. The van der Waals surface area contributed by atoms with Crippen molar-refractivity contribution in [1.29, 1.82) is 0 Å². The maximum atomic E-state index is 13.1. The van der Waals surface area contributed by atoms with E-state index in [1.807, 2.05) is 0 Å². The first-order valence-corrected chi connectivity index (χ1v) is 8.69. The van der Waals surface area contributed by atoms with E-state index in [2.05, 4.69) is 10.6 Å². The van der Waals surface area contributed by atoms with Crippen molar-refractivity contribution in [3.8, 4) is 5.75 Å². The van der Waals surface area contributed by atoms with Gasteiger partial charge < -0.3 is 15.4 Å². The van der Waals surface area contributed by atoms with Crippen LogP contribution in [0.3, 0.4) is 0 Å². The molecule has 6 nitrogen and oxygen atoms in total. The number of nitrogens with one attached hydrogen (secondary N) is 2. The molecule has 0 saturated carbocycles. The van der Waals surface area contributed by atoms with Gasteiger partial charge in [0, 0.05) is 28.9 Å². The molecule has 150 valence electrons. The van der Waals surface area contributed by atoms with Crippen LogP contribution in [0.1, 0.15) is 5.56 Å². The highest BCUT2D eigenvalue weighted by Gasteiger charge is 2.12. The molecular formula is C19H20ClF2N3O3. The second-order valence-electron chi connectivity index (χ2n) is 6.08. The Morgan fingerprint density at radius 3 is 2.54 bits per heavy atom. The van der Waals surface area contributed by atoms with Gasteiger partial charge in [-0.2, -0.15) is 0 Å². The van der Waals surface area contributed by atoms with E-state index in [-0.39, 0.29) is 24.7 Å². The first-order valence-electron chi connectivity index (χ1n) is 8.31. The van der Waals surface area contributed by atoms with Gasteiger partial charge in [-0.25, -0.2) is 8.78 Å². The maximum Gasteiger partial charge on any atom is 0.243 e. The van der Waals surface area contributed by atoms with Gasteiger partial charge in [0.05, 0.1) is 20.2 Å². The van der Waals surface area contributed by atoms with Crippen molar-refractivity contribution in [3.63, 3.8) is 0 Å². The molecule has 2 aromatic carbocycles. The minimum atomic E-state index is -1.07. The first-order chi connectivity index (χ1) is 13.3. The van der Waals surface area contributed by atoms with Crippen LogP contribution in [0.4, 0.5) is 14.5 Å². The van der Waals surface area contributed by atoms with Crippen LogP contribution in [0, 0.1) is 11.6 Å². The lowest BCUT2D eigenvalue weighted by molar-refractivity contribution is -0.124. The average molecular weight is 412 g/mol. The van der Waals surface area contributed by atoms with Gasteiger partial charge in [-0.3, -0.25) is 14.5 Å². The number of amides is 2. The Bertz CT molecular complexity index is 864. The summed E-state index contributed by atoms with van der Waals surface area (Å²) < 4.78 is 31.3. The van der Waals surface area contributed by atoms with Gasteiger partial charge in [0.2, 0.25) is 11.8 Å². The van der Waals surface area contributed by atoms with Gasteiger partial charge in [0.1, 0.15) is 5.75 Å². The summed E-state index contributed by atoms with van der Waals surface area (Å²) in [6, 6.07) is 8.20. The SMILES string of the molecule is COc1ccc(Cl)cc1CN(C)CC(=O)NCC(=O)Nc1ccc(F)c(F)c1. The molecule has 0 aliphatic heterocycles. The molecule has 0 aliphatic carbocycles. The number of methoxy groups -OCH3 is 1. The molecule has 0 heterocycles. The molecule has 0 saturated heterocycles. The zero-order valence-electron chi connectivity index (χ0n) is 15.4. The van der Waals surface area contributed by atoms with Crippen LogP contribution >= 0.6 is 11.6 Å². The summed E-state index contributed by atoms with van der Waals surface area (Å²) in [6.07, 6.45) is 0. The van der Waals surface area contributed by atoms with Crippen LogP contribution in [0.25, 0.3) is 0 Å². The molecular weight excluding hydrogens is 392 g/mol. The van der Waals surface area contributed by atoms with Gasteiger partial charge in [-0.1, -0.05) is 11.6 Å². The first kappa shape index (κ1) is 21.6. The number of carbonyl (C=O) groups is 2. The van der Waals surface area contributed by atoms with Crippen molar-refractivity contribution in [2.45, 2.75) is 6.54 Å². The monoisotopic (exact) mass is 411 g/mol. The molecule has 2 amide bonds. The fourth-order valence-electron chi connectivity index (χ4n) is 2.48. The summed E-state index contributed by atoms with van der Waals surface area (Å²) in [5.74, 6) is -2.35. The Balaban J connectivity index is 1.80. The van der Waals surface area contributed by atoms with E-state index in [9.17, 15) is 18.4 Å². The number of benzene rings is 2. The van der Waals surface area contributed by atoms with E-state index in [0.29, 0.717) is 17.3 Å². The molecule has 0 aliphatic rings. The summed E-state index contributed by atoms with van der Waals surface area (Å²) in [7, 11) is 3.28. The standard InChI is InChI=1S/C19H20ClF2N3O3/c1-25(10-12-7-13(20)3-6-17(12)28-2)11-19(27)23-9-18(26)24-14-4-5-15(21)16(22)8-14/h3-8H,9-11H2,1-2H3,(H,23,27)(H,24,26). The number of hydrogen-bond donors (Lipinski definition) is 2. The fraction of sp³-hybridized carbons (Fsp3) is 0.263. The number of carbonyl (C=O) groups excluding carboxylic acids is 2. The molecule has 0 atom stereocenters. The largest absolute Gasteiger partial charge is 0.496 e. The Hall–Kier alpha value is -2.71. The van der Waals surface area contributed by atoms with E-state index >= 15 is 0 Å². The molecule has 2 rings (SSSR count). The molecule has 0 spiro atoms. The summed E-state index contributed by atoms with van der Waals surface area (Å²) in [4.78, 5) is 25.6. The number of anilines is 1. The van der Waals surface area contributed by atoms with Crippen molar-refractivity contribution < 1.29 is 23.1 Å². The molecule has 0 unspecified atom stereocenters. The lowest BCUT2D eigenvalue weighted by Crippen LogP contribution is -2.39. The molecule has 0 fully saturated rings. The zero-order valence-corrected chi connectivity index (χ0v) is 16.1. The molecule has 0 aromatic heterocycles. The van der Waals surface area contributed by atoms with Crippen LogP contribution in [-0.4, -0.2) is 44.0 Å². The maximum absolute atomic E-state index is 13.1. The van der Waals surface area contributed by atoms with Crippen LogP contribution < -0.4 is 15.4 Å². The van der Waals surface area contributed by atoms with E-state index < -0.39 is 17.5 Å². The minimum Gasteiger partial charge on any atom is -0.496 e. The van der Waals surface area contributed by atoms with Crippen LogP contribution in [-0.2, 0) is 16.1 Å². The van der Waals surface area contributed by atoms with E-state index in [0.717, 1.165) is 17.7 Å². The van der Waals surface area contributed by atoms with Crippen LogP contribution in [0.15, 0.2) is 36.4 Å². The average Bonchev–Trinajstić information content (AvgIpc) is 2.63. The van der Waals surface area contributed by atoms with Crippen molar-refractivity contribution >= 4 is 29.1 Å². The summed E-state index contributed by atoms with van der Waals surface area (Å²) in [5.41, 5.74) is 0.921. The molecule has 28 heavy (non-hydrogen) atoms. The number of likely N-dealkylation sites (N-methyl/N-ethyl adjacent to an activating group) is 1. The number of nitrogens with zero attached hydrogens (tertiary/aromatic N) is 1.